The molecule has 0 spiro atoms. The number of hydrogen-bond acceptors (Lipinski definition) is 4. The third-order valence-electron chi connectivity index (χ3n) is 3.78. The Balaban J connectivity index is 1.75. The predicted octanol–water partition coefficient (Wildman–Crippen LogP) is 2.45. The highest BCUT2D eigenvalue weighted by atomic mass is 16.3. The molecule has 114 valence electrons. The van der Waals surface area contributed by atoms with E-state index >= 15 is 0 Å². The van der Waals surface area contributed by atoms with Crippen molar-refractivity contribution in [2.24, 2.45) is 0 Å². The van der Waals surface area contributed by atoms with Crippen LogP contribution < -0.4 is 4.90 Å². The lowest BCUT2D eigenvalue weighted by molar-refractivity contribution is 0.282. The zero-order valence-corrected chi connectivity index (χ0v) is 12.7. The number of para-hydroxylation sites is 1. The van der Waals surface area contributed by atoms with Gasteiger partial charge in [0.15, 0.2) is 0 Å². The molecule has 0 bridgehead atoms. The fourth-order valence-electron chi connectivity index (χ4n) is 2.61. The van der Waals surface area contributed by atoms with Crippen molar-refractivity contribution in [2.45, 2.75) is 19.6 Å². The third kappa shape index (κ3) is 3.09. The average molecular weight is 296 g/mol. The molecule has 3 aromatic rings. The first kappa shape index (κ1) is 14.5. The number of aliphatic hydroxyl groups excluding tert-OH is 1. The van der Waals surface area contributed by atoms with Gasteiger partial charge in [0.05, 0.1) is 18.5 Å². The Morgan fingerprint density at radius 1 is 1.27 bits per heavy atom. The van der Waals surface area contributed by atoms with Crippen LogP contribution in [-0.2, 0) is 13.2 Å². The van der Waals surface area contributed by atoms with Gasteiger partial charge in [-0.25, -0.2) is 9.97 Å². The summed E-state index contributed by atoms with van der Waals surface area (Å²) in [7, 11) is 2.02. The van der Waals surface area contributed by atoms with Gasteiger partial charge >= 0.3 is 0 Å². The van der Waals surface area contributed by atoms with E-state index in [-0.39, 0.29) is 6.61 Å². The van der Waals surface area contributed by atoms with Gasteiger partial charge in [-0.3, -0.25) is 0 Å². The van der Waals surface area contributed by atoms with Crippen molar-refractivity contribution in [3.63, 3.8) is 0 Å². The molecule has 3 rings (SSSR count). The molecule has 5 nitrogen and oxygen atoms in total. The van der Waals surface area contributed by atoms with E-state index in [4.69, 9.17) is 4.98 Å². The Hall–Kier alpha value is -2.40. The number of aryl methyl sites for hydroxylation is 1. The van der Waals surface area contributed by atoms with E-state index in [9.17, 15) is 5.11 Å². The number of benzene rings is 1. The second kappa shape index (κ2) is 6.58. The molecule has 0 atom stereocenters. The van der Waals surface area contributed by atoms with Crippen molar-refractivity contribution in [3.05, 3.63) is 54.6 Å². The molecule has 2 heterocycles. The smallest absolute Gasteiger partial charge is 0.134 e. The van der Waals surface area contributed by atoms with Crippen molar-refractivity contribution in [2.75, 3.05) is 18.5 Å². The van der Waals surface area contributed by atoms with Crippen molar-refractivity contribution in [1.29, 1.82) is 0 Å². The molecule has 0 saturated heterocycles. The molecule has 5 heteroatoms. The van der Waals surface area contributed by atoms with Crippen LogP contribution in [0.25, 0.3) is 10.9 Å². The number of aromatic nitrogens is 3. The van der Waals surface area contributed by atoms with E-state index < -0.39 is 0 Å². The number of pyridine rings is 1. The van der Waals surface area contributed by atoms with Crippen molar-refractivity contribution < 1.29 is 5.11 Å². The molecule has 22 heavy (non-hydrogen) atoms. The van der Waals surface area contributed by atoms with Crippen molar-refractivity contribution in [1.82, 2.24) is 14.5 Å². The lowest BCUT2D eigenvalue weighted by Crippen LogP contribution is -2.22. The molecule has 1 N–H and O–H groups in total. The lowest BCUT2D eigenvalue weighted by atomic mass is 10.1. The average Bonchev–Trinajstić information content (AvgIpc) is 3.06. The first-order valence-corrected chi connectivity index (χ1v) is 7.44. The molecule has 2 aromatic heterocycles. The summed E-state index contributed by atoms with van der Waals surface area (Å²) < 4.78 is 2.06. The van der Waals surface area contributed by atoms with Gasteiger partial charge < -0.3 is 14.6 Å². The maximum atomic E-state index is 9.62. The molecular formula is C17H20N4O. The van der Waals surface area contributed by atoms with E-state index in [1.165, 1.54) is 0 Å². The largest absolute Gasteiger partial charge is 0.392 e. The van der Waals surface area contributed by atoms with Gasteiger partial charge in [-0.1, -0.05) is 18.2 Å². The van der Waals surface area contributed by atoms with Gasteiger partial charge in [0.1, 0.15) is 5.82 Å². The van der Waals surface area contributed by atoms with E-state index in [1.807, 2.05) is 49.9 Å². The van der Waals surface area contributed by atoms with Crippen LogP contribution in [0.3, 0.4) is 0 Å². The molecule has 0 radical (unpaired) electrons. The van der Waals surface area contributed by atoms with E-state index in [2.05, 4.69) is 14.5 Å². The van der Waals surface area contributed by atoms with Gasteiger partial charge in [-0.2, -0.15) is 0 Å². The van der Waals surface area contributed by atoms with Crippen LogP contribution in [0.2, 0.25) is 0 Å². The Morgan fingerprint density at radius 2 is 2.14 bits per heavy atom. The number of fused-ring (bicyclic) bond motifs is 1. The number of aliphatic hydroxyl groups is 1. The molecule has 0 saturated carbocycles. The Kier molecular flexibility index (Phi) is 4.34. The Morgan fingerprint density at radius 3 is 2.91 bits per heavy atom. The molecule has 0 aliphatic heterocycles. The van der Waals surface area contributed by atoms with Gasteiger partial charge in [0, 0.05) is 43.5 Å². The Labute approximate surface area is 129 Å². The lowest BCUT2D eigenvalue weighted by Gasteiger charge is -2.21. The van der Waals surface area contributed by atoms with Crippen LogP contribution >= 0.6 is 0 Å². The second-order valence-electron chi connectivity index (χ2n) is 5.40. The monoisotopic (exact) mass is 296 g/mol. The summed E-state index contributed by atoms with van der Waals surface area (Å²) >= 11 is 0. The van der Waals surface area contributed by atoms with Crippen LogP contribution in [0.1, 0.15) is 12.0 Å². The number of anilines is 1. The molecule has 0 aliphatic carbocycles. The molecule has 0 aliphatic rings. The Bertz CT molecular complexity index is 740. The summed E-state index contributed by atoms with van der Waals surface area (Å²) in [6, 6.07) is 10.0. The maximum absolute atomic E-state index is 9.62. The van der Waals surface area contributed by atoms with Crippen molar-refractivity contribution >= 4 is 16.7 Å². The van der Waals surface area contributed by atoms with E-state index in [1.54, 1.807) is 6.20 Å². The highest BCUT2D eigenvalue weighted by molar-refractivity contribution is 5.81. The minimum Gasteiger partial charge on any atom is -0.392 e. The molecular weight excluding hydrogens is 276 g/mol. The van der Waals surface area contributed by atoms with Gasteiger partial charge in [-0.05, 0) is 18.6 Å². The van der Waals surface area contributed by atoms with Crippen LogP contribution in [0.5, 0.6) is 0 Å². The van der Waals surface area contributed by atoms with Gasteiger partial charge in [0.25, 0.3) is 0 Å². The summed E-state index contributed by atoms with van der Waals surface area (Å²) in [5, 5.41) is 10.7. The van der Waals surface area contributed by atoms with Crippen molar-refractivity contribution in [3.8, 4) is 0 Å². The topological polar surface area (TPSA) is 54.2 Å². The standard InChI is InChI=1S/C17H20N4O/c1-20(8-4-9-21-10-7-18-13-21)17-15(12-22)11-14-5-2-3-6-16(14)19-17/h2-3,5-7,10-11,13,22H,4,8-9,12H2,1H3. The van der Waals surface area contributed by atoms with E-state index in [0.29, 0.717) is 0 Å². The highest BCUT2D eigenvalue weighted by Crippen LogP contribution is 2.23. The van der Waals surface area contributed by atoms with E-state index in [0.717, 1.165) is 41.8 Å². The normalized spacial score (nSPS) is 11.0. The van der Waals surface area contributed by atoms with Crippen LogP contribution in [-0.4, -0.2) is 33.2 Å². The number of rotatable bonds is 6. The summed E-state index contributed by atoms with van der Waals surface area (Å²) in [6.45, 7) is 1.79. The minimum absolute atomic E-state index is 0.000964. The fourth-order valence-corrected chi connectivity index (χ4v) is 2.61. The third-order valence-corrected chi connectivity index (χ3v) is 3.78. The summed E-state index contributed by atoms with van der Waals surface area (Å²) in [5.74, 6) is 0.854. The predicted molar refractivity (Wildman–Crippen MR) is 87.8 cm³/mol. The minimum atomic E-state index is -0.000964. The van der Waals surface area contributed by atoms with Gasteiger partial charge in [0.2, 0.25) is 0 Å². The number of nitrogens with zero attached hydrogens (tertiary/aromatic N) is 4. The highest BCUT2D eigenvalue weighted by Gasteiger charge is 2.10. The van der Waals surface area contributed by atoms with Crippen LogP contribution in [0.15, 0.2) is 49.1 Å². The zero-order chi connectivity index (χ0) is 15.4. The number of imidazole rings is 1. The summed E-state index contributed by atoms with van der Waals surface area (Å²) in [6.07, 6.45) is 6.57. The molecule has 0 amide bonds. The summed E-state index contributed by atoms with van der Waals surface area (Å²) in [4.78, 5) is 10.9. The number of hydrogen-bond donors (Lipinski definition) is 1. The fraction of sp³-hybridized carbons (Fsp3) is 0.294. The molecule has 0 unspecified atom stereocenters. The zero-order valence-electron chi connectivity index (χ0n) is 12.7. The molecule has 1 aromatic carbocycles. The maximum Gasteiger partial charge on any atom is 0.134 e. The molecule has 0 fully saturated rings. The first-order valence-electron chi connectivity index (χ1n) is 7.44. The summed E-state index contributed by atoms with van der Waals surface area (Å²) in [5.41, 5.74) is 1.82. The second-order valence-corrected chi connectivity index (χ2v) is 5.40. The SMILES string of the molecule is CN(CCCn1ccnc1)c1nc2ccccc2cc1CO. The first-order chi connectivity index (χ1) is 10.8. The quantitative estimate of drug-likeness (QED) is 0.759. The van der Waals surface area contributed by atoms with Gasteiger partial charge in [-0.15, -0.1) is 0 Å². The van der Waals surface area contributed by atoms with Crippen LogP contribution in [0, 0.1) is 0 Å². The van der Waals surface area contributed by atoms with Crippen LogP contribution in [0.4, 0.5) is 5.82 Å².